The van der Waals surface area contributed by atoms with Gasteiger partial charge in [0, 0.05) is 62.4 Å². The first-order valence-electron chi connectivity index (χ1n) is 12.9. The maximum atomic E-state index is 13.6. The molecule has 0 aromatic heterocycles. The molecule has 0 radical (unpaired) electrons. The monoisotopic (exact) mass is 525 g/mol. The zero-order chi connectivity index (χ0) is 25.9. The third kappa shape index (κ3) is 7.25. The van der Waals surface area contributed by atoms with Crippen molar-refractivity contribution in [1.29, 1.82) is 0 Å². The molecule has 4 rings (SSSR count). The number of carbonyl (C=O) groups excluding carboxylic acids is 2. The average molecular weight is 526 g/mol. The Morgan fingerprint density at radius 2 is 1.67 bits per heavy atom. The summed E-state index contributed by atoms with van der Waals surface area (Å²) in [7, 11) is -3.49. The second-order valence-corrected chi connectivity index (χ2v) is 13.0. The topological polar surface area (TPSA) is 86.8 Å². The highest BCUT2D eigenvalue weighted by Gasteiger charge is 2.41. The van der Waals surface area contributed by atoms with Crippen LogP contribution in [0.3, 0.4) is 0 Å². The van der Waals surface area contributed by atoms with Gasteiger partial charge in [-0.15, -0.1) is 0 Å². The van der Waals surface area contributed by atoms with E-state index in [9.17, 15) is 26.8 Å². The summed E-state index contributed by atoms with van der Waals surface area (Å²) in [5.41, 5.74) is 0.646. The van der Waals surface area contributed by atoms with Crippen molar-refractivity contribution in [2.75, 3.05) is 31.6 Å². The molecule has 200 valence electrons. The number of fused-ring (bicyclic) bond motifs is 2. The number of alkyl halides is 2. The van der Waals surface area contributed by atoms with Crippen molar-refractivity contribution in [2.45, 2.75) is 75.4 Å². The number of hydrogen-bond donors (Lipinski definition) is 1. The highest BCUT2D eigenvalue weighted by molar-refractivity contribution is 7.91. The Morgan fingerprint density at radius 3 is 2.25 bits per heavy atom. The van der Waals surface area contributed by atoms with Crippen molar-refractivity contribution in [3.8, 4) is 0 Å². The third-order valence-corrected chi connectivity index (χ3v) is 8.71. The quantitative estimate of drug-likeness (QED) is 0.536. The van der Waals surface area contributed by atoms with Crippen LogP contribution in [0.25, 0.3) is 0 Å². The molecular formula is C26H37F2N3O4S. The predicted molar refractivity (Wildman–Crippen MR) is 134 cm³/mol. The molecule has 2 atom stereocenters. The summed E-state index contributed by atoms with van der Waals surface area (Å²) >= 11 is 0. The Bertz CT molecular complexity index is 1010. The van der Waals surface area contributed by atoms with Crippen molar-refractivity contribution in [2.24, 2.45) is 5.92 Å². The number of nitrogens with one attached hydrogen (secondary N) is 1. The Labute approximate surface area is 212 Å². The fourth-order valence-corrected chi connectivity index (χ4v) is 6.71. The van der Waals surface area contributed by atoms with Crippen LogP contribution in [-0.2, 0) is 14.6 Å². The van der Waals surface area contributed by atoms with E-state index >= 15 is 0 Å². The van der Waals surface area contributed by atoms with Gasteiger partial charge in [0.05, 0.1) is 0 Å². The molecule has 2 heterocycles. The molecule has 3 fully saturated rings. The Morgan fingerprint density at radius 1 is 1.06 bits per heavy atom. The van der Waals surface area contributed by atoms with Crippen molar-refractivity contribution in [3.05, 3.63) is 35.9 Å². The second kappa shape index (κ2) is 11.1. The normalized spacial score (nSPS) is 26.5. The Hall–Kier alpha value is -2.07. The number of carbonyl (C=O) groups is 2. The zero-order valence-corrected chi connectivity index (χ0v) is 21.7. The van der Waals surface area contributed by atoms with E-state index in [1.807, 2.05) is 18.2 Å². The fraction of sp³-hybridized carbons (Fsp3) is 0.692. The molecule has 2 aliphatic heterocycles. The molecule has 2 unspecified atom stereocenters. The average Bonchev–Trinajstić information content (AvgIpc) is 3.04. The van der Waals surface area contributed by atoms with Crippen LogP contribution in [0.15, 0.2) is 30.3 Å². The first-order chi connectivity index (χ1) is 17.0. The molecule has 3 aliphatic rings. The lowest BCUT2D eigenvalue weighted by molar-refractivity contribution is -0.130. The number of benzene rings is 1. The molecule has 1 aliphatic carbocycles. The lowest BCUT2D eigenvalue weighted by Crippen LogP contribution is -2.53. The lowest BCUT2D eigenvalue weighted by Gasteiger charge is -2.40. The third-order valence-electron chi connectivity index (χ3n) is 7.94. The largest absolute Gasteiger partial charge is 0.349 e. The van der Waals surface area contributed by atoms with E-state index in [1.54, 1.807) is 17.0 Å². The fourth-order valence-electron chi connectivity index (χ4n) is 6.08. The van der Waals surface area contributed by atoms with Crippen molar-refractivity contribution in [1.82, 2.24) is 15.1 Å². The van der Waals surface area contributed by atoms with Gasteiger partial charge in [0.15, 0.2) is 9.84 Å². The molecule has 2 amide bonds. The van der Waals surface area contributed by atoms with Gasteiger partial charge in [0.1, 0.15) is 5.75 Å². The number of sulfone groups is 1. The zero-order valence-electron chi connectivity index (χ0n) is 20.9. The van der Waals surface area contributed by atoms with Crippen LogP contribution in [-0.4, -0.2) is 85.7 Å². The minimum absolute atomic E-state index is 0.0382. The van der Waals surface area contributed by atoms with Gasteiger partial charge in [-0.25, -0.2) is 17.2 Å². The minimum Gasteiger partial charge on any atom is -0.349 e. The lowest BCUT2D eigenvalue weighted by atomic mass is 9.86. The van der Waals surface area contributed by atoms with Crippen LogP contribution < -0.4 is 5.32 Å². The molecule has 1 aromatic rings. The summed E-state index contributed by atoms with van der Waals surface area (Å²) in [6.07, 6.45) is 5.08. The number of nitrogens with zero attached hydrogens (tertiary/aromatic N) is 2. The summed E-state index contributed by atoms with van der Waals surface area (Å²) in [6, 6.07) is 9.86. The number of halogens is 2. The van der Waals surface area contributed by atoms with E-state index in [2.05, 4.69) is 10.2 Å². The van der Waals surface area contributed by atoms with E-state index in [0.717, 1.165) is 31.9 Å². The van der Waals surface area contributed by atoms with Crippen molar-refractivity contribution in [3.63, 3.8) is 0 Å². The highest BCUT2D eigenvalue weighted by atomic mass is 32.2. The number of amides is 2. The smallest absolute Gasteiger partial charge is 0.251 e. The molecule has 0 spiro atoms. The molecule has 7 nitrogen and oxygen atoms in total. The van der Waals surface area contributed by atoms with Gasteiger partial charge in [-0.05, 0) is 56.6 Å². The Balaban J connectivity index is 1.34. The molecule has 2 bridgehead atoms. The van der Waals surface area contributed by atoms with Crippen LogP contribution in [0.4, 0.5) is 8.78 Å². The number of piperidine rings is 1. The summed E-state index contributed by atoms with van der Waals surface area (Å²) in [5, 5.41) is 3.17. The van der Waals surface area contributed by atoms with Gasteiger partial charge in [0.25, 0.3) is 5.91 Å². The molecule has 1 N–H and O–H groups in total. The predicted octanol–water partition coefficient (Wildman–Crippen LogP) is 3.11. The number of hydrogen-bond acceptors (Lipinski definition) is 5. The minimum atomic E-state index is -3.49. The highest BCUT2D eigenvalue weighted by Crippen LogP contribution is 2.37. The van der Waals surface area contributed by atoms with E-state index < -0.39 is 27.4 Å². The summed E-state index contributed by atoms with van der Waals surface area (Å²) in [4.78, 5) is 29.4. The van der Waals surface area contributed by atoms with Gasteiger partial charge < -0.3 is 10.2 Å². The van der Waals surface area contributed by atoms with Crippen LogP contribution >= 0.6 is 0 Å². The maximum absolute atomic E-state index is 13.6. The molecule has 1 aromatic carbocycles. The number of rotatable bonds is 9. The second-order valence-electron chi connectivity index (χ2n) is 10.8. The van der Waals surface area contributed by atoms with Crippen LogP contribution in [0.2, 0.25) is 0 Å². The summed E-state index contributed by atoms with van der Waals surface area (Å²) in [6.45, 7) is 1.33. The van der Waals surface area contributed by atoms with E-state index in [4.69, 9.17) is 0 Å². The standard InChI is InChI=1S/C26H37F2N3O4S/c1-36(34,35)18-24(32)30(17-19-9-11-26(27,28)12-10-19)13-14-31-22-7-8-23(31)16-21(15-22)29-25(33)20-5-3-2-4-6-20/h2-6,19,21-23H,7-18H2,1H3,(H,29,33). The van der Waals surface area contributed by atoms with Gasteiger partial charge in [-0.1, -0.05) is 18.2 Å². The van der Waals surface area contributed by atoms with Crippen LogP contribution in [0.1, 0.15) is 61.7 Å². The summed E-state index contributed by atoms with van der Waals surface area (Å²) in [5.74, 6) is -3.76. The van der Waals surface area contributed by atoms with E-state index in [1.165, 1.54) is 0 Å². The van der Waals surface area contributed by atoms with Gasteiger partial charge in [0.2, 0.25) is 11.8 Å². The van der Waals surface area contributed by atoms with Crippen molar-refractivity contribution < 1.29 is 26.8 Å². The summed E-state index contributed by atoms with van der Waals surface area (Å²) < 4.78 is 50.7. The Kier molecular flexibility index (Phi) is 8.34. The molecule has 1 saturated carbocycles. The molecular weight excluding hydrogens is 488 g/mol. The first-order valence-corrected chi connectivity index (χ1v) is 15.0. The SMILES string of the molecule is CS(=O)(=O)CC(=O)N(CCN1C2CCC1CC(NC(=O)c1ccccc1)C2)CC1CCC(F)(F)CC1. The van der Waals surface area contributed by atoms with Gasteiger partial charge in [-0.2, -0.15) is 0 Å². The van der Waals surface area contributed by atoms with E-state index in [0.29, 0.717) is 50.1 Å². The van der Waals surface area contributed by atoms with E-state index in [-0.39, 0.29) is 30.7 Å². The van der Waals surface area contributed by atoms with Crippen LogP contribution in [0, 0.1) is 5.92 Å². The maximum Gasteiger partial charge on any atom is 0.251 e. The molecule has 10 heteroatoms. The molecule has 36 heavy (non-hydrogen) atoms. The first kappa shape index (κ1) is 27.0. The van der Waals surface area contributed by atoms with Gasteiger partial charge >= 0.3 is 0 Å². The van der Waals surface area contributed by atoms with Crippen molar-refractivity contribution >= 4 is 21.7 Å². The van der Waals surface area contributed by atoms with Crippen LogP contribution in [0.5, 0.6) is 0 Å². The molecule has 2 saturated heterocycles. The van der Waals surface area contributed by atoms with Gasteiger partial charge in [-0.3, -0.25) is 14.5 Å².